The number of carboxylic acid groups (broad SMARTS) is 1. The molecular formula is C13H24N2O4. The zero-order valence-corrected chi connectivity index (χ0v) is 11.9. The van der Waals surface area contributed by atoms with E-state index in [4.69, 9.17) is 5.11 Å². The van der Waals surface area contributed by atoms with E-state index in [-0.39, 0.29) is 25.2 Å². The summed E-state index contributed by atoms with van der Waals surface area (Å²) in [6.07, 6.45) is 1.83. The highest BCUT2D eigenvalue weighted by Crippen LogP contribution is 2.34. The molecule has 2 N–H and O–H groups in total. The van der Waals surface area contributed by atoms with Gasteiger partial charge >= 0.3 is 12.0 Å². The van der Waals surface area contributed by atoms with Crippen LogP contribution in [0.3, 0.4) is 0 Å². The van der Waals surface area contributed by atoms with E-state index in [0.29, 0.717) is 25.8 Å². The fraction of sp³-hybridized carbons (Fsp3) is 0.846. The van der Waals surface area contributed by atoms with Gasteiger partial charge < -0.3 is 20.0 Å². The zero-order chi connectivity index (χ0) is 14.6. The molecule has 110 valence electrons. The van der Waals surface area contributed by atoms with Gasteiger partial charge in [0.15, 0.2) is 0 Å². The number of amides is 2. The van der Waals surface area contributed by atoms with Gasteiger partial charge in [-0.3, -0.25) is 4.79 Å². The van der Waals surface area contributed by atoms with Crippen molar-refractivity contribution in [1.82, 2.24) is 9.80 Å². The van der Waals surface area contributed by atoms with Crippen LogP contribution in [-0.4, -0.2) is 64.8 Å². The average molecular weight is 272 g/mol. The van der Waals surface area contributed by atoms with Crippen molar-refractivity contribution < 1.29 is 19.8 Å². The smallest absolute Gasteiger partial charge is 0.320 e. The molecule has 2 unspecified atom stereocenters. The molecule has 2 atom stereocenters. The fourth-order valence-electron chi connectivity index (χ4n) is 2.44. The molecule has 0 spiro atoms. The summed E-state index contributed by atoms with van der Waals surface area (Å²) in [5.74, 6) is -0.828. The lowest BCUT2D eigenvalue weighted by Gasteiger charge is -2.41. The Bertz CT molecular complexity index is 348. The molecule has 0 aromatic carbocycles. The van der Waals surface area contributed by atoms with E-state index in [0.717, 1.165) is 0 Å². The quantitative estimate of drug-likeness (QED) is 0.800. The number of carboxylic acids is 1. The van der Waals surface area contributed by atoms with Gasteiger partial charge in [0.25, 0.3) is 0 Å². The normalized spacial score (nSPS) is 24.9. The van der Waals surface area contributed by atoms with Crippen molar-refractivity contribution in [3.63, 3.8) is 0 Å². The highest BCUT2D eigenvalue weighted by atomic mass is 16.4. The first-order valence-electron chi connectivity index (χ1n) is 6.74. The minimum Gasteiger partial charge on any atom is -0.481 e. The highest BCUT2D eigenvalue weighted by Gasteiger charge is 2.42. The van der Waals surface area contributed by atoms with Crippen molar-refractivity contribution in [2.24, 2.45) is 5.41 Å². The number of carbonyl (C=O) groups is 2. The molecule has 1 rings (SSSR count). The van der Waals surface area contributed by atoms with Crippen molar-refractivity contribution in [3.8, 4) is 0 Å². The molecule has 1 fully saturated rings. The van der Waals surface area contributed by atoms with E-state index in [1.54, 1.807) is 18.9 Å². The molecule has 0 aliphatic carbocycles. The van der Waals surface area contributed by atoms with Crippen LogP contribution < -0.4 is 0 Å². The maximum absolute atomic E-state index is 12.3. The number of carbonyl (C=O) groups excluding carboxylic acids is 1. The molecule has 0 bridgehead atoms. The van der Waals surface area contributed by atoms with Gasteiger partial charge in [0, 0.05) is 20.1 Å². The Balaban J connectivity index is 2.79. The Kier molecular flexibility index (Phi) is 5.17. The molecule has 1 heterocycles. The van der Waals surface area contributed by atoms with Crippen molar-refractivity contribution in [1.29, 1.82) is 0 Å². The Morgan fingerprint density at radius 2 is 2.11 bits per heavy atom. The minimum absolute atomic E-state index is 0.103. The summed E-state index contributed by atoms with van der Waals surface area (Å²) in [5.41, 5.74) is -0.822. The lowest BCUT2D eigenvalue weighted by Crippen LogP contribution is -2.54. The minimum atomic E-state index is -0.828. The lowest BCUT2D eigenvalue weighted by molar-refractivity contribution is -0.152. The molecule has 0 aromatic rings. The number of piperidine rings is 1. The second-order valence-electron chi connectivity index (χ2n) is 5.39. The first-order chi connectivity index (χ1) is 8.88. The number of likely N-dealkylation sites (N-methyl/N-ethyl adjacent to an activating group) is 1. The summed E-state index contributed by atoms with van der Waals surface area (Å²) in [7, 11) is 1.63. The lowest BCUT2D eigenvalue weighted by atomic mass is 9.78. The van der Waals surface area contributed by atoms with Gasteiger partial charge in [-0.15, -0.1) is 0 Å². The Morgan fingerprint density at radius 1 is 1.47 bits per heavy atom. The molecule has 1 aliphatic heterocycles. The predicted molar refractivity (Wildman–Crippen MR) is 70.9 cm³/mol. The summed E-state index contributed by atoms with van der Waals surface area (Å²) < 4.78 is 0. The zero-order valence-electron chi connectivity index (χ0n) is 11.9. The molecule has 0 saturated carbocycles. The monoisotopic (exact) mass is 272 g/mol. The van der Waals surface area contributed by atoms with Gasteiger partial charge in [0.2, 0.25) is 0 Å². The van der Waals surface area contributed by atoms with Crippen LogP contribution in [-0.2, 0) is 4.79 Å². The van der Waals surface area contributed by atoms with Gasteiger partial charge in [-0.2, -0.15) is 0 Å². The van der Waals surface area contributed by atoms with Crippen LogP contribution in [0, 0.1) is 5.41 Å². The number of hydrogen-bond donors (Lipinski definition) is 2. The Morgan fingerprint density at radius 3 is 2.58 bits per heavy atom. The van der Waals surface area contributed by atoms with E-state index in [2.05, 4.69) is 0 Å². The molecule has 6 heteroatoms. The summed E-state index contributed by atoms with van der Waals surface area (Å²) in [5, 5.41) is 18.5. The highest BCUT2D eigenvalue weighted by molar-refractivity contribution is 5.78. The van der Waals surface area contributed by atoms with Crippen molar-refractivity contribution >= 4 is 12.0 Å². The van der Waals surface area contributed by atoms with Crippen molar-refractivity contribution in [3.05, 3.63) is 0 Å². The van der Waals surface area contributed by atoms with Gasteiger partial charge in [-0.05, 0) is 26.2 Å². The molecule has 1 aliphatic rings. The van der Waals surface area contributed by atoms with Crippen molar-refractivity contribution in [2.45, 2.75) is 39.2 Å². The molecule has 2 amide bonds. The van der Waals surface area contributed by atoms with Crippen LogP contribution in [0.4, 0.5) is 4.79 Å². The van der Waals surface area contributed by atoms with E-state index in [9.17, 15) is 14.7 Å². The summed E-state index contributed by atoms with van der Waals surface area (Å²) in [6, 6.07) is -0.476. The number of rotatable bonds is 4. The fourth-order valence-corrected chi connectivity index (χ4v) is 2.44. The summed E-state index contributed by atoms with van der Waals surface area (Å²) >= 11 is 0. The number of aliphatic hydroxyl groups excluding tert-OH is 1. The van der Waals surface area contributed by atoms with Crippen LogP contribution in [0.25, 0.3) is 0 Å². The number of nitrogens with zero attached hydrogens (tertiary/aromatic N) is 2. The first kappa shape index (κ1) is 15.8. The van der Waals surface area contributed by atoms with Crippen LogP contribution in [0.2, 0.25) is 0 Å². The average Bonchev–Trinajstić information content (AvgIpc) is 2.44. The molecule has 6 nitrogen and oxygen atoms in total. The standard InChI is InChI=1S/C13H24N2O4/c1-4-13(11(17)18)6-5-7-15(9-13)12(19)14(3)10(2)8-16/h10,16H,4-9H2,1-3H3,(H,17,18). The third-order valence-electron chi connectivity index (χ3n) is 4.20. The van der Waals surface area contributed by atoms with E-state index in [1.165, 1.54) is 4.90 Å². The third kappa shape index (κ3) is 3.18. The van der Waals surface area contributed by atoms with E-state index >= 15 is 0 Å². The maximum Gasteiger partial charge on any atom is 0.320 e. The Labute approximate surface area is 114 Å². The summed E-state index contributed by atoms with van der Waals surface area (Å²) in [6.45, 7) is 4.33. The third-order valence-corrected chi connectivity index (χ3v) is 4.20. The maximum atomic E-state index is 12.3. The van der Waals surface area contributed by atoms with Gasteiger partial charge in [-0.1, -0.05) is 6.92 Å². The largest absolute Gasteiger partial charge is 0.481 e. The second kappa shape index (κ2) is 6.23. The predicted octanol–water partition coefficient (Wildman–Crippen LogP) is 0.996. The van der Waals surface area contributed by atoms with Crippen LogP contribution >= 0.6 is 0 Å². The number of aliphatic hydroxyl groups is 1. The van der Waals surface area contributed by atoms with E-state index in [1.807, 2.05) is 6.92 Å². The van der Waals surface area contributed by atoms with Gasteiger partial charge in [0.05, 0.1) is 18.1 Å². The number of aliphatic carboxylic acids is 1. The van der Waals surface area contributed by atoms with Gasteiger partial charge in [0.1, 0.15) is 0 Å². The Hall–Kier alpha value is -1.30. The second-order valence-corrected chi connectivity index (χ2v) is 5.39. The van der Waals surface area contributed by atoms with Crippen LogP contribution in [0.1, 0.15) is 33.1 Å². The van der Waals surface area contributed by atoms with E-state index < -0.39 is 11.4 Å². The molecule has 19 heavy (non-hydrogen) atoms. The summed E-state index contributed by atoms with van der Waals surface area (Å²) in [4.78, 5) is 26.8. The number of likely N-dealkylation sites (tertiary alicyclic amines) is 1. The molecule has 0 aromatic heterocycles. The van der Waals surface area contributed by atoms with Crippen LogP contribution in [0.5, 0.6) is 0 Å². The van der Waals surface area contributed by atoms with Crippen LogP contribution in [0.15, 0.2) is 0 Å². The molecule has 0 radical (unpaired) electrons. The first-order valence-corrected chi connectivity index (χ1v) is 6.74. The molecule has 1 saturated heterocycles. The topological polar surface area (TPSA) is 81.1 Å². The number of urea groups is 1. The van der Waals surface area contributed by atoms with Gasteiger partial charge in [-0.25, -0.2) is 4.79 Å². The van der Waals surface area contributed by atoms with Crippen molar-refractivity contribution in [2.75, 3.05) is 26.7 Å². The number of hydrogen-bond acceptors (Lipinski definition) is 3. The SMILES string of the molecule is CCC1(C(=O)O)CCCN(C(=O)N(C)C(C)CO)C1. The molecular weight excluding hydrogens is 248 g/mol.